The number of thiazole rings is 1. The zero-order valence-electron chi connectivity index (χ0n) is 8.18. The molecule has 2 heterocycles. The van der Waals surface area contributed by atoms with Crippen LogP contribution < -0.4 is 10.9 Å². The Labute approximate surface area is 94.0 Å². The average molecular weight is 215 g/mol. The van der Waals surface area contributed by atoms with Crippen LogP contribution in [0.1, 0.15) is 5.69 Å². The van der Waals surface area contributed by atoms with E-state index in [1.165, 1.54) is 11.3 Å². The van der Waals surface area contributed by atoms with Crippen LogP contribution in [0.15, 0.2) is 29.8 Å². The molecule has 0 saturated carbocycles. The molecule has 0 bridgehead atoms. The second-order valence-electron chi connectivity index (χ2n) is 3.08. The van der Waals surface area contributed by atoms with E-state index in [9.17, 15) is 0 Å². The van der Waals surface area contributed by atoms with Crippen LogP contribution in [0.25, 0.3) is 0 Å². The maximum atomic E-state index is 5.51. The van der Waals surface area contributed by atoms with Crippen molar-refractivity contribution >= 4 is 29.9 Å². The first-order chi connectivity index (χ1) is 7.34. The van der Waals surface area contributed by atoms with Gasteiger partial charge in [-0.1, -0.05) is 6.07 Å². The molecular formula is C10H10BN3S. The van der Waals surface area contributed by atoms with Crippen molar-refractivity contribution in [1.29, 1.82) is 0 Å². The van der Waals surface area contributed by atoms with Crippen LogP contribution >= 0.6 is 11.3 Å². The van der Waals surface area contributed by atoms with E-state index in [-0.39, 0.29) is 0 Å². The van der Waals surface area contributed by atoms with Gasteiger partial charge in [0.05, 0.1) is 0 Å². The van der Waals surface area contributed by atoms with E-state index in [2.05, 4.69) is 15.3 Å². The fraction of sp³-hybridized carbons (Fsp3) is 0.200. The lowest BCUT2D eigenvalue weighted by Gasteiger charge is -2.01. The van der Waals surface area contributed by atoms with Crippen LogP contribution in [0.2, 0.25) is 0 Å². The number of pyridine rings is 1. The topological polar surface area (TPSA) is 37.8 Å². The zero-order chi connectivity index (χ0) is 10.5. The highest BCUT2D eigenvalue weighted by atomic mass is 32.1. The Kier molecular flexibility index (Phi) is 3.35. The van der Waals surface area contributed by atoms with Gasteiger partial charge in [0.1, 0.15) is 7.85 Å². The van der Waals surface area contributed by atoms with Crippen molar-refractivity contribution in [3.63, 3.8) is 0 Å². The summed E-state index contributed by atoms with van der Waals surface area (Å²) in [5.74, 6) is 0. The van der Waals surface area contributed by atoms with Gasteiger partial charge in [0.15, 0.2) is 5.13 Å². The predicted molar refractivity (Wildman–Crippen MR) is 63.9 cm³/mol. The summed E-state index contributed by atoms with van der Waals surface area (Å²) >= 11 is 1.52. The van der Waals surface area contributed by atoms with Crippen LogP contribution in [-0.4, -0.2) is 24.4 Å². The van der Waals surface area contributed by atoms with Gasteiger partial charge in [-0.25, -0.2) is 4.98 Å². The van der Waals surface area contributed by atoms with Gasteiger partial charge in [0.2, 0.25) is 0 Å². The fourth-order valence-electron chi connectivity index (χ4n) is 1.21. The monoisotopic (exact) mass is 215 g/mol. The van der Waals surface area contributed by atoms with Crippen molar-refractivity contribution in [1.82, 2.24) is 9.97 Å². The number of aromatic nitrogens is 2. The molecule has 0 amide bonds. The molecular weight excluding hydrogens is 205 g/mol. The second kappa shape index (κ2) is 4.93. The number of hydrogen-bond acceptors (Lipinski definition) is 4. The molecule has 74 valence electrons. The summed E-state index contributed by atoms with van der Waals surface area (Å²) < 4.78 is 0. The van der Waals surface area contributed by atoms with E-state index in [4.69, 9.17) is 7.85 Å². The standard InChI is InChI=1S/C10H10BN3S/c11-9-7-15-10(14-9)13-6-4-8-3-1-2-5-12-8/h1-3,5,7H,4,6H2,(H,13,14). The third kappa shape index (κ3) is 3.06. The Hall–Kier alpha value is -1.36. The highest BCUT2D eigenvalue weighted by Crippen LogP contribution is 2.08. The minimum absolute atomic E-state index is 0.570. The Morgan fingerprint density at radius 2 is 2.33 bits per heavy atom. The quantitative estimate of drug-likeness (QED) is 0.772. The maximum absolute atomic E-state index is 5.51. The van der Waals surface area contributed by atoms with Crippen molar-refractivity contribution < 1.29 is 0 Å². The summed E-state index contributed by atoms with van der Waals surface area (Å²) in [5.41, 5.74) is 1.65. The van der Waals surface area contributed by atoms with E-state index in [1.54, 1.807) is 6.20 Å². The molecule has 0 aliphatic rings. The Morgan fingerprint density at radius 1 is 1.40 bits per heavy atom. The fourth-order valence-corrected chi connectivity index (χ4v) is 1.84. The molecule has 0 saturated heterocycles. The summed E-state index contributed by atoms with van der Waals surface area (Å²) in [6, 6.07) is 5.92. The molecule has 0 atom stereocenters. The molecule has 0 aromatic carbocycles. The van der Waals surface area contributed by atoms with Crippen LogP contribution in [0.5, 0.6) is 0 Å². The second-order valence-corrected chi connectivity index (χ2v) is 3.93. The average Bonchev–Trinajstić information content (AvgIpc) is 2.66. The van der Waals surface area contributed by atoms with Crippen LogP contribution in [-0.2, 0) is 6.42 Å². The number of rotatable bonds is 4. The molecule has 0 spiro atoms. The summed E-state index contributed by atoms with van der Waals surface area (Å²) in [5, 5.41) is 5.89. The van der Waals surface area contributed by atoms with Gasteiger partial charge in [-0.05, 0) is 12.1 Å². The van der Waals surface area contributed by atoms with Crippen LogP contribution in [0.3, 0.4) is 0 Å². The third-order valence-corrected chi connectivity index (χ3v) is 2.72. The molecule has 0 unspecified atom stereocenters. The number of anilines is 1. The Balaban J connectivity index is 1.80. The molecule has 0 aliphatic carbocycles. The van der Waals surface area contributed by atoms with Gasteiger partial charge in [-0.15, -0.1) is 11.3 Å². The maximum Gasteiger partial charge on any atom is 0.181 e. The lowest BCUT2D eigenvalue weighted by Crippen LogP contribution is -2.08. The highest BCUT2D eigenvalue weighted by Gasteiger charge is 1.97. The number of nitrogens with one attached hydrogen (secondary N) is 1. The summed E-state index contributed by atoms with van der Waals surface area (Å²) in [6.45, 7) is 0.823. The third-order valence-electron chi connectivity index (χ3n) is 1.91. The summed E-state index contributed by atoms with van der Waals surface area (Å²) in [7, 11) is 5.51. The molecule has 1 N–H and O–H groups in total. The highest BCUT2D eigenvalue weighted by molar-refractivity contribution is 7.14. The van der Waals surface area contributed by atoms with Crippen molar-refractivity contribution in [2.24, 2.45) is 0 Å². The van der Waals surface area contributed by atoms with Gasteiger partial charge in [0.25, 0.3) is 0 Å². The van der Waals surface area contributed by atoms with E-state index in [1.807, 2.05) is 23.6 Å². The van der Waals surface area contributed by atoms with Crippen molar-refractivity contribution in [2.45, 2.75) is 6.42 Å². The normalized spacial score (nSPS) is 10.1. The minimum Gasteiger partial charge on any atom is -0.361 e. The molecule has 2 aromatic rings. The van der Waals surface area contributed by atoms with E-state index in [0.717, 1.165) is 23.8 Å². The van der Waals surface area contributed by atoms with Crippen LogP contribution in [0.4, 0.5) is 5.13 Å². The van der Waals surface area contributed by atoms with Gasteiger partial charge in [0, 0.05) is 35.8 Å². The number of hydrogen-bond donors (Lipinski definition) is 1. The minimum atomic E-state index is 0.570. The Morgan fingerprint density at radius 3 is 3.00 bits per heavy atom. The number of nitrogens with zero attached hydrogens (tertiary/aromatic N) is 2. The SMILES string of the molecule is [B]c1csc(NCCc2ccccn2)n1. The molecule has 2 rings (SSSR count). The molecule has 5 heteroatoms. The smallest absolute Gasteiger partial charge is 0.181 e. The van der Waals surface area contributed by atoms with Crippen LogP contribution in [0, 0.1) is 0 Å². The molecule has 0 aliphatic heterocycles. The first-order valence-corrected chi connectivity index (χ1v) is 5.57. The lowest BCUT2D eigenvalue weighted by molar-refractivity contribution is 0.960. The van der Waals surface area contributed by atoms with Gasteiger partial charge in [-0.2, -0.15) is 0 Å². The zero-order valence-corrected chi connectivity index (χ0v) is 9.00. The first kappa shape index (κ1) is 10.2. The molecule has 2 aromatic heterocycles. The van der Waals surface area contributed by atoms with Gasteiger partial charge < -0.3 is 5.32 Å². The lowest BCUT2D eigenvalue weighted by atomic mass is 10.1. The van der Waals surface area contributed by atoms with E-state index < -0.39 is 0 Å². The molecule has 2 radical (unpaired) electrons. The first-order valence-electron chi connectivity index (χ1n) is 4.69. The molecule has 3 nitrogen and oxygen atoms in total. The van der Waals surface area contributed by atoms with Gasteiger partial charge in [-0.3, -0.25) is 4.98 Å². The van der Waals surface area contributed by atoms with Crippen molar-refractivity contribution in [2.75, 3.05) is 11.9 Å². The summed E-state index contributed by atoms with van der Waals surface area (Å²) in [4.78, 5) is 8.34. The summed E-state index contributed by atoms with van der Waals surface area (Å²) in [6.07, 6.45) is 2.69. The molecule has 15 heavy (non-hydrogen) atoms. The Bertz CT molecular complexity index is 416. The predicted octanol–water partition coefficient (Wildman–Crippen LogP) is 0.986. The van der Waals surface area contributed by atoms with Gasteiger partial charge >= 0.3 is 0 Å². The van der Waals surface area contributed by atoms with Crippen molar-refractivity contribution in [3.05, 3.63) is 35.5 Å². The van der Waals surface area contributed by atoms with E-state index in [0.29, 0.717) is 5.59 Å². The molecule has 0 fully saturated rings. The van der Waals surface area contributed by atoms with Crippen molar-refractivity contribution in [3.8, 4) is 0 Å². The largest absolute Gasteiger partial charge is 0.361 e. The van der Waals surface area contributed by atoms with E-state index >= 15 is 0 Å².